The molecule has 92 valence electrons. The van der Waals surface area contributed by atoms with E-state index in [1.165, 1.54) is 25.7 Å². The van der Waals surface area contributed by atoms with E-state index in [-0.39, 0.29) is 10.8 Å². The van der Waals surface area contributed by atoms with E-state index in [9.17, 15) is 0 Å². The lowest BCUT2D eigenvalue weighted by Crippen LogP contribution is -2.22. The molecule has 3 fully saturated rings. The molecule has 4 heteroatoms. The monoisotopic (exact) mass is 300 g/mol. The van der Waals surface area contributed by atoms with Gasteiger partial charge < -0.3 is 0 Å². The maximum Gasteiger partial charge on any atom is 0.130 e. The van der Waals surface area contributed by atoms with E-state index in [4.69, 9.17) is 46.4 Å². The van der Waals surface area contributed by atoms with Crippen LogP contribution in [0.5, 0.6) is 0 Å². The molecule has 0 N–H and O–H groups in total. The van der Waals surface area contributed by atoms with Crippen molar-refractivity contribution in [1.29, 1.82) is 0 Å². The zero-order valence-electron chi connectivity index (χ0n) is 9.17. The molecule has 0 radical (unpaired) electrons. The first-order chi connectivity index (χ1) is 7.37. The van der Waals surface area contributed by atoms with Crippen molar-refractivity contribution in [2.75, 3.05) is 0 Å². The fourth-order valence-electron chi connectivity index (χ4n) is 4.42. The molecule has 0 unspecified atom stereocenters. The van der Waals surface area contributed by atoms with Gasteiger partial charge in [-0.25, -0.2) is 0 Å². The summed E-state index contributed by atoms with van der Waals surface area (Å²) in [5, 5.41) is 0. The summed E-state index contributed by atoms with van der Waals surface area (Å²) >= 11 is 25.8. The third-order valence-electron chi connectivity index (χ3n) is 5.13. The lowest BCUT2D eigenvalue weighted by atomic mass is 9.84. The molecule has 0 aliphatic heterocycles. The zero-order chi connectivity index (χ0) is 11.7. The largest absolute Gasteiger partial charge is 0.130 e. The Kier molecular flexibility index (Phi) is 2.58. The Balaban J connectivity index is 1.98. The fraction of sp³-hybridized carbons (Fsp3) is 1.00. The maximum atomic E-state index is 6.58. The van der Waals surface area contributed by atoms with Gasteiger partial charge in [-0.2, -0.15) is 0 Å². The number of hydrogen-bond donors (Lipinski definition) is 0. The molecule has 0 nitrogen and oxygen atoms in total. The molecule has 2 atom stereocenters. The second kappa shape index (κ2) is 3.38. The van der Waals surface area contributed by atoms with Crippen molar-refractivity contribution in [2.45, 2.75) is 60.0 Å². The van der Waals surface area contributed by atoms with Crippen LogP contribution in [0.25, 0.3) is 0 Å². The van der Waals surface area contributed by atoms with Crippen molar-refractivity contribution in [3.63, 3.8) is 0 Å². The van der Waals surface area contributed by atoms with Gasteiger partial charge in [0.1, 0.15) is 8.67 Å². The van der Waals surface area contributed by atoms with Crippen LogP contribution in [0.4, 0.5) is 0 Å². The van der Waals surface area contributed by atoms with E-state index in [0.29, 0.717) is 0 Å². The first-order valence-electron chi connectivity index (χ1n) is 6.13. The predicted molar refractivity (Wildman–Crippen MR) is 70.7 cm³/mol. The summed E-state index contributed by atoms with van der Waals surface area (Å²) in [4.78, 5) is 0. The third kappa shape index (κ3) is 1.26. The molecule has 0 aromatic heterocycles. The molecule has 0 heterocycles. The van der Waals surface area contributed by atoms with Gasteiger partial charge in [0.05, 0.1) is 0 Å². The van der Waals surface area contributed by atoms with E-state index in [1.807, 2.05) is 0 Å². The van der Waals surface area contributed by atoms with Gasteiger partial charge in [-0.05, 0) is 25.7 Å². The SMILES string of the molecule is ClC1(Cl)C[C@]23CCCCCC[C@@]2(C1)C3(Cl)Cl. The van der Waals surface area contributed by atoms with Crippen molar-refractivity contribution in [3.05, 3.63) is 0 Å². The molecule has 0 aromatic rings. The van der Waals surface area contributed by atoms with Gasteiger partial charge in [0.2, 0.25) is 0 Å². The predicted octanol–water partition coefficient (Wildman–Crippen LogP) is 5.47. The molecular formula is C12H16Cl4. The Hall–Kier alpha value is 1.16. The molecule has 3 aliphatic rings. The lowest BCUT2D eigenvalue weighted by molar-refractivity contribution is 0.301. The van der Waals surface area contributed by atoms with Crippen LogP contribution in [0.3, 0.4) is 0 Å². The van der Waals surface area contributed by atoms with E-state index < -0.39 is 8.67 Å². The summed E-state index contributed by atoms with van der Waals surface area (Å²) in [7, 11) is 0. The minimum Gasteiger partial charge on any atom is -0.102 e. The zero-order valence-corrected chi connectivity index (χ0v) is 12.2. The highest BCUT2D eigenvalue weighted by Gasteiger charge is 2.89. The van der Waals surface area contributed by atoms with E-state index in [0.717, 1.165) is 25.7 Å². The van der Waals surface area contributed by atoms with Crippen LogP contribution >= 0.6 is 46.4 Å². The number of hydrogen-bond acceptors (Lipinski definition) is 0. The van der Waals surface area contributed by atoms with Crippen LogP contribution in [-0.2, 0) is 0 Å². The molecule has 0 amide bonds. The summed E-state index contributed by atoms with van der Waals surface area (Å²) in [6, 6.07) is 0. The molecule has 0 spiro atoms. The maximum absolute atomic E-state index is 6.58. The Morgan fingerprint density at radius 2 is 1.06 bits per heavy atom. The minimum atomic E-state index is -0.600. The van der Waals surface area contributed by atoms with Gasteiger partial charge in [0, 0.05) is 10.8 Å². The van der Waals surface area contributed by atoms with Gasteiger partial charge in [-0.1, -0.05) is 25.7 Å². The smallest absolute Gasteiger partial charge is 0.102 e. The minimum absolute atomic E-state index is 0.00698. The molecule has 3 rings (SSSR count). The van der Waals surface area contributed by atoms with Crippen LogP contribution in [0.15, 0.2) is 0 Å². The van der Waals surface area contributed by atoms with Gasteiger partial charge in [0.25, 0.3) is 0 Å². The van der Waals surface area contributed by atoms with Crippen LogP contribution in [0.1, 0.15) is 51.4 Å². The summed E-state index contributed by atoms with van der Waals surface area (Å²) < 4.78 is -1.17. The Bertz CT molecular complexity index is 297. The average Bonchev–Trinajstić information content (AvgIpc) is 2.42. The number of halogens is 4. The molecule has 3 aliphatic carbocycles. The summed E-state index contributed by atoms with van der Waals surface area (Å²) in [6.45, 7) is 0. The first kappa shape index (κ1) is 12.2. The van der Waals surface area contributed by atoms with E-state index in [1.54, 1.807) is 0 Å². The summed E-state index contributed by atoms with van der Waals surface area (Å²) in [6.07, 6.45) is 8.76. The molecule has 0 saturated heterocycles. The molecule has 0 aromatic carbocycles. The Morgan fingerprint density at radius 3 is 1.50 bits per heavy atom. The van der Waals surface area contributed by atoms with Crippen molar-refractivity contribution in [2.24, 2.45) is 10.8 Å². The van der Waals surface area contributed by atoms with Gasteiger partial charge >= 0.3 is 0 Å². The first-order valence-corrected chi connectivity index (χ1v) is 7.64. The highest BCUT2D eigenvalue weighted by Crippen LogP contribution is 2.90. The van der Waals surface area contributed by atoms with E-state index >= 15 is 0 Å². The van der Waals surface area contributed by atoms with Crippen molar-refractivity contribution >= 4 is 46.4 Å². The van der Waals surface area contributed by atoms with E-state index in [2.05, 4.69) is 0 Å². The van der Waals surface area contributed by atoms with Gasteiger partial charge in [-0.3, -0.25) is 0 Å². The third-order valence-corrected chi connectivity index (χ3v) is 7.12. The summed E-state index contributed by atoms with van der Waals surface area (Å²) in [5.41, 5.74) is 0.0140. The van der Waals surface area contributed by atoms with Crippen molar-refractivity contribution in [3.8, 4) is 0 Å². The van der Waals surface area contributed by atoms with Crippen molar-refractivity contribution < 1.29 is 0 Å². The summed E-state index contributed by atoms with van der Waals surface area (Å²) in [5.74, 6) is 0. The highest BCUT2D eigenvalue weighted by atomic mass is 35.5. The van der Waals surface area contributed by atoms with Gasteiger partial charge in [0.15, 0.2) is 0 Å². The van der Waals surface area contributed by atoms with Crippen LogP contribution in [0, 0.1) is 10.8 Å². The van der Waals surface area contributed by atoms with Crippen LogP contribution in [0.2, 0.25) is 0 Å². The quantitative estimate of drug-likeness (QED) is 0.521. The van der Waals surface area contributed by atoms with Gasteiger partial charge in [-0.15, -0.1) is 46.4 Å². The molecule has 0 bridgehead atoms. The highest BCUT2D eigenvalue weighted by molar-refractivity contribution is 6.54. The standard InChI is InChI=1S/C12H16Cl4/c13-11(14)7-9-5-3-1-2-4-6-10(9,8-11)12(9,15)16/h1-8H2/t9-,10+. The number of alkyl halides is 4. The second-order valence-electron chi connectivity index (χ2n) is 5.86. The van der Waals surface area contributed by atoms with Crippen LogP contribution in [-0.4, -0.2) is 8.67 Å². The normalized spacial score (nSPS) is 48.8. The Morgan fingerprint density at radius 1 is 0.625 bits per heavy atom. The molecule has 3 saturated carbocycles. The fourth-order valence-corrected chi connectivity index (χ4v) is 6.61. The second-order valence-corrected chi connectivity index (χ2v) is 8.83. The van der Waals surface area contributed by atoms with Crippen molar-refractivity contribution in [1.82, 2.24) is 0 Å². The number of rotatable bonds is 0. The average molecular weight is 302 g/mol. The molecule has 16 heavy (non-hydrogen) atoms. The Labute approximate surface area is 117 Å². The van der Waals surface area contributed by atoms with Crippen LogP contribution < -0.4 is 0 Å². The topological polar surface area (TPSA) is 0 Å². The molecular weight excluding hydrogens is 286 g/mol. The lowest BCUT2D eigenvalue weighted by Gasteiger charge is -2.23.